The van der Waals surface area contributed by atoms with Gasteiger partial charge < -0.3 is 5.11 Å². The van der Waals surface area contributed by atoms with Gasteiger partial charge in [0.05, 0.1) is 6.10 Å². The molecular weight excluding hydrogens is 196 g/mol. The summed E-state index contributed by atoms with van der Waals surface area (Å²) in [6.07, 6.45) is 4.03. The monoisotopic (exact) mass is 220 g/mol. The molecule has 0 aliphatic rings. The van der Waals surface area contributed by atoms with Crippen LogP contribution in [0.15, 0.2) is 24.3 Å². The Balaban J connectivity index is 2.55. The van der Waals surface area contributed by atoms with Gasteiger partial charge in [0.25, 0.3) is 0 Å². The molecule has 0 spiro atoms. The molecule has 0 amide bonds. The number of aliphatic hydroxyl groups is 1. The van der Waals surface area contributed by atoms with E-state index in [1.807, 2.05) is 0 Å². The zero-order chi connectivity index (χ0) is 12.0. The van der Waals surface area contributed by atoms with Crippen LogP contribution in [-0.4, -0.2) is 5.11 Å². The van der Waals surface area contributed by atoms with Crippen LogP contribution in [0.4, 0.5) is 0 Å². The topological polar surface area (TPSA) is 20.2 Å². The third-order valence-electron chi connectivity index (χ3n) is 3.18. The van der Waals surface area contributed by atoms with Gasteiger partial charge in [-0.15, -0.1) is 0 Å². The quantitative estimate of drug-likeness (QED) is 0.765. The summed E-state index contributed by atoms with van der Waals surface area (Å²) >= 11 is 0. The highest BCUT2D eigenvalue weighted by molar-refractivity contribution is 5.24. The van der Waals surface area contributed by atoms with E-state index >= 15 is 0 Å². The molecule has 1 aromatic carbocycles. The zero-order valence-corrected chi connectivity index (χ0v) is 10.7. The second kappa shape index (κ2) is 6.70. The highest BCUT2D eigenvalue weighted by atomic mass is 16.3. The lowest BCUT2D eigenvalue weighted by molar-refractivity contribution is 0.145. The van der Waals surface area contributed by atoms with E-state index in [-0.39, 0.29) is 6.10 Å². The van der Waals surface area contributed by atoms with Crippen LogP contribution in [0.5, 0.6) is 0 Å². The number of aliphatic hydroxyl groups excluding tert-OH is 1. The largest absolute Gasteiger partial charge is 0.388 e. The van der Waals surface area contributed by atoms with Crippen molar-refractivity contribution in [1.82, 2.24) is 0 Å². The molecule has 2 atom stereocenters. The van der Waals surface area contributed by atoms with Gasteiger partial charge in [0.15, 0.2) is 0 Å². The van der Waals surface area contributed by atoms with Crippen molar-refractivity contribution in [2.75, 3.05) is 0 Å². The zero-order valence-electron chi connectivity index (χ0n) is 10.7. The predicted octanol–water partition coefficient (Wildman–Crippen LogP) is 4.11. The normalized spacial score (nSPS) is 14.8. The summed E-state index contributed by atoms with van der Waals surface area (Å²) in [6.45, 7) is 6.56. The maximum atomic E-state index is 10.1. The molecule has 1 heteroatoms. The molecule has 0 heterocycles. The molecule has 16 heavy (non-hydrogen) atoms. The molecule has 0 aliphatic heterocycles. The van der Waals surface area contributed by atoms with E-state index in [1.54, 1.807) is 0 Å². The Kier molecular flexibility index (Phi) is 5.54. The summed E-state index contributed by atoms with van der Waals surface area (Å²) < 4.78 is 0. The first-order valence-electron chi connectivity index (χ1n) is 6.44. The molecule has 1 aromatic rings. The van der Waals surface area contributed by atoms with Gasteiger partial charge in [-0.25, -0.2) is 0 Å². The smallest absolute Gasteiger partial charge is 0.0792 e. The summed E-state index contributed by atoms with van der Waals surface area (Å²) in [4.78, 5) is 0. The van der Waals surface area contributed by atoms with E-state index in [2.05, 4.69) is 45.0 Å². The molecule has 0 radical (unpaired) electrons. The Hall–Kier alpha value is -0.820. The maximum absolute atomic E-state index is 10.1. The summed E-state index contributed by atoms with van der Waals surface area (Å²) in [5, 5.41) is 10.1. The molecule has 1 nitrogen and oxygen atoms in total. The molecule has 90 valence electrons. The minimum Gasteiger partial charge on any atom is -0.388 e. The van der Waals surface area contributed by atoms with Crippen molar-refractivity contribution >= 4 is 0 Å². The van der Waals surface area contributed by atoms with Crippen molar-refractivity contribution < 1.29 is 5.11 Å². The van der Waals surface area contributed by atoms with Gasteiger partial charge in [0.2, 0.25) is 0 Å². The van der Waals surface area contributed by atoms with Crippen LogP contribution in [0.2, 0.25) is 0 Å². The molecule has 0 bridgehead atoms. The second-order valence-corrected chi connectivity index (χ2v) is 4.74. The summed E-state index contributed by atoms with van der Waals surface area (Å²) in [5.74, 6) is 0.603. The standard InChI is InChI=1S/C15H24O/c1-4-6-12(3)11-15(16)14-9-7-13(5-2)8-10-14/h7-10,12,15-16H,4-6,11H2,1-3H3. The Morgan fingerprint density at radius 1 is 1.12 bits per heavy atom. The lowest BCUT2D eigenvalue weighted by atomic mass is 9.94. The first-order chi connectivity index (χ1) is 7.67. The Bertz CT molecular complexity index is 289. The van der Waals surface area contributed by atoms with Crippen LogP contribution < -0.4 is 0 Å². The number of aryl methyl sites for hydroxylation is 1. The van der Waals surface area contributed by atoms with E-state index in [9.17, 15) is 5.11 Å². The molecule has 1 rings (SSSR count). The third kappa shape index (κ3) is 3.97. The Morgan fingerprint density at radius 2 is 1.75 bits per heavy atom. The van der Waals surface area contributed by atoms with E-state index in [0.29, 0.717) is 5.92 Å². The fraction of sp³-hybridized carbons (Fsp3) is 0.600. The maximum Gasteiger partial charge on any atom is 0.0792 e. The second-order valence-electron chi connectivity index (χ2n) is 4.74. The van der Waals surface area contributed by atoms with Crippen LogP contribution >= 0.6 is 0 Å². The highest BCUT2D eigenvalue weighted by Crippen LogP contribution is 2.23. The van der Waals surface area contributed by atoms with Crippen LogP contribution in [0, 0.1) is 5.92 Å². The van der Waals surface area contributed by atoms with Gasteiger partial charge >= 0.3 is 0 Å². The molecule has 0 fully saturated rings. The van der Waals surface area contributed by atoms with Crippen molar-refractivity contribution in [2.24, 2.45) is 5.92 Å². The fourth-order valence-corrected chi connectivity index (χ4v) is 2.10. The van der Waals surface area contributed by atoms with E-state index < -0.39 is 0 Å². The fourth-order valence-electron chi connectivity index (χ4n) is 2.10. The summed E-state index contributed by atoms with van der Waals surface area (Å²) in [7, 11) is 0. The first kappa shape index (κ1) is 13.2. The summed E-state index contributed by atoms with van der Waals surface area (Å²) in [6, 6.07) is 8.34. The van der Waals surface area contributed by atoms with E-state index in [0.717, 1.165) is 18.4 Å². The number of hydrogen-bond donors (Lipinski definition) is 1. The molecule has 0 aromatic heterocycles. The van der Waals surface area contributed by atoms with Gasteiger partial charge in [-0.3, -0.25) is 0 Å². The van der Waals surface area contributed by atoms with Crippen LogP contribution in [-0.2, 0) is 6.42 Å². The van der Waals surface area contributed by atoms with Gasteiger partial charge in [0.1, 0.15) is 0 Å². The van der Waals surface area contributed by atoms with Crippen molar-refractivity contribution in [2.45, 2.75) is 52.6 Å². The average molecular weight is 220 g/mol. The average Bonchev–Trinajstić information content (AvgIpc) is 2.29. The van der Waals surface area contributed by atoms with Crippen molar-refractivity contribution in [3.63, 3.8) is 0 Å². The van der Waals surface area contributed by atoms with E-state index in [1.165, 1.54) is 18.4 Å². The summed E-state index contributed by atoms with van der Waals surface area (Å²) in [5.41, 5.74) is 2.39. The molecule has 0 aliphatic carbocycles. The minimum atomic E-state index is -0.299. The third-order valence-corrected chi connectivity index (χ3v) is 3.18. The highest BCUT2D eigenvalue weighted by Gasteiger charge is 2.11. The minimum absolute atomic E-state index is 0.299. The number of rotatable bonds is 6. The van der Waals surface area contributed by atoms with Gasteiger partial charge in [0, 0.05) is 0 Å². The van der Waals surface area contributed by atoms with Crippen molar-refractivity contribution in [3.05, 3.63) is 35.4 Å². The van der Waals surface area contributed by atoms with Crippen LogP contribution in [0.25, 0.3) is 0 Å². The Labute approximate surface area is 99.5 Å². The van der Waals surface area contributed by atoms with Gasteiger partial charge in [-0.2, -0.15) is 0 Å². The molecule has 1 N–H and O–H groups in total. The van der Waals surface area contributed by atoms with Gasteiger partial charge in [-0.05, 0) is 29.9 Å². The first-order valence-corrected chi connectivity index (χ1v) is 6.44. The van der Waals surface area contributed by atoms with Crippen LogP contribution in [0.1, 0.15) is 57.3 Å². The van der Waals surface area contributed by atoms with Crippen LogP contribution in [0.3, 0.4) is 0 Å². The van der Waals surface area contributed by atoms with Gasteiger partial charge in [-0.1, -0.05) is 57.9 Å². The lowest BCUT2D eigenvalue weighted by Gasteiger charge is -2.16. The van der Waals surface area contributed by atoms with E-state index in [4.69, 9.17) is 0 Å². The van der Waals surface area contributed by atoms with Crippen molar-refractivity contribution in [3.8, 4) is 0 Å². The molecule has 0 saturated heterocycles. The number of benzene rings is 1. The predicted molar refractivity (Wildman–Crippen MR) is 69.5 cm³/mol. The lowest BCUT2D eigenvalue weighted by Crippen LogP contribution is -2.04. The van der Waals surface area contributed by atoms with Crippen molar-refractivity contribution in [1.29, 1.82) is 0 Å². The number of hydrogen-bond acceptors (Lipinski definition) is 1. The Morgan fingerprint density at radius 3 is 2.25 bits per heavy atom. The molecule has 2 unspecified atom stereocenters. The molecule has 0 saturated carbocycles. The molecular formula is C15H24O. The SMILES string of the molecule is CCCC(C)CC(O)c1ccc(CC)cc1.